The summed E-state index contributed by atoms with van der Waals surface area (Å²) in [5.41, 5.74) is 2.80. The Kier molecular flexibility index (Phi) is 11.7. The standard InChI is InChI=1S/C35H37Cl2N3O4S/c1-4-26(3)38-35(42)33(21-27-11-7-5-8-12-27)39(23-28-17-15-25(2)16-18-28)34(41)24-40(32-20-19-29(36)22-31(32)37)45(43,44)30-13-9-6-10-14-30/h5-20,22,26,33H,4,21,23-24H2,1-3H3,(H,38,42)/t26-,33+/m1/s1. The molecule has 4 aromatic rings. The second-order valence-electron chi connectivity index (χ2n) is 11.0. The Bertz CT molecular complexity index is 1700. The molecule has 0 aliphatic heterocycles. The number of amides is 2. The van der Waals surface area contributed by atoms with E-state index in [0.29, 0.717) is 11.4 Å². The van der Waals surface area contributed by atoms with Crippen LogP contribution in [0.15, 0.2) is 108 Å². The monoisotopic (exact) mass is 665 g/mol. The molecule has 0 unspecified atom stereocenters. The molecule has 4 rings (SSSR count). The van der Waals surface area contributed by atoms with Gasteiger partial charge in [0.05, 0.1) is 15.6 Å². The number of benzene rings is 4. The van der Waals surface area contributed by atoms with Gasteiger partial charge in [0.2, 0.25) is 11.8 Å². The van der Waals surface area contributed by atoms with Crippen LogP contribution in [0.4, 0.5) is 5.69 Å². The molecule has 0 saturated carbocycles. The highest BCUT2D eigenvalue weighted by atomic mass is 35.5. The van der Waals surface area contributed by atoms with Gasteiger partial charge in [-0.1, -0.05) is 108 Å². The van der Waals surface area contributed by atoms with E-state index in [-0.39, 0.29) is 40.5 Å². The third-order valence-corrected chi connectivity index (χ3v) is 9.85. The fraction of sp³-hybridized carbons (Fsp3) is 0.257. The second-order valence-corrected chi connectivity index (χ2v) is 13.7. The Balaban J connectivity index is 1.82. The molecule has 0 saturated heterocycles. The molecular weight excluding hydrogens is 629 g/mol. The number of anilines is 1. The summed E-state index contributed by atoms with van der Waals surface area (Å²) in [7, 11) is -4.27. The Morgan fingerprint density at radius 2 is 1.47 bits per heavy atom. The van der Waals surface area contributed by atoms with Gasteiger partial charge in [0.25, 0.3) is 10.0 Å². The quantitative estimate of drug-likeness (QED) is 0.166. The van der Waals surface area contributed by atoms with Crippen LogP contribution in [0.3, 0.4) is 0 Å². The Labute approximate surface area is 275 Å². The van der Waals surface area contributed by atoms with E-state index in [1.165, 1.54) is 35.2 Å². The lowest BCUT2D eigenvalue weighted by Gasteiger charge is -2.34. The van der Waals surface area contributed by atoms with Crippen LogP contribution in [0.1, 0.15) is 37.0 Å². The summed E-state index contributed by atoms with van der Waals surface area (Å²) < 4.78 is 29.2. The zero-order valence-electron chi connectivity index (χ0n) is 25.5. The maximum absolute atomic E-state index is 14.5. The summed E-state index contributed by atoms with van der Waals surface area (Å²) in [5.74, 6) is -0.892. The first kappa shape index (κ1) is 34.0. The van der Waals surface area contributed by atoms with Crippen molar-refractivity contribution in [3.63, 3.8) is 0 Å². The third kappa shape index (κ3) is 8.87. The third-order valence-electron chi connectivity index (χ3n) is 7.53. The number of rotatable bonds is 13. The molecule has 2 atom stereocenters. The average Bonchev–Trinajstić information content (AvgIpc) is 3.03. The molecule has 0 spiro atoms. The minimum atomic E-state index is -4.27. The van der Waals surface area contributed by atoms with Gasteiger partial charge in [0, 0.05) is 24.0 Å². The van der Waals surface area contributed by atoms with Crippen molar-refractivity contribution in [2.45, 2.75) is 57.1 Å². The van der Waals surface area contributed by atoms with Gasteiger partial charge in [0.1, 0.15) is 12.6 Å². The molecule has 0 radical (unpaired) electrons. The fourth-order valence-electron chi connectivity index (χ4n) is 4.80. The van der Waals surface area contributed by atoms with Crippen molar-refractivity contribution in [2.24, 2.45) is 0 Å². The highest BCUT2D eigenvalue weighted by Gasteiger charge is 2.35. The van der Waals surface area contributed by atoms with Gasteiger partial charge >= 0.3 is 0 Å². The van der Waals surface area contributed by atoms with Crippen molar-refractivity contribution >= 4 is 50.7 Å². The number of hydrogen-bond donors (Lipinski definition) is 1. The number of sulfonamides is 1. The van der Waals surface area contributed by atoms with Crippen molar-refractivity contribution in [3.05, 3.63) is 130 Å². The molecule has 7 nitrogen and oxygen atoms in total. The van der Waals surface area contributed by atoms with Gasteiger partial charge in [-0.3, -0.25) is 13.9 Å². The first-order chi connectivity index (χ1) is 21.5. The van der Waals surface area contributed by atoms with Crippen molar-refractivity contribution in [1.29, 1.82) is 0 Å². The molecule has 0 aliphatic carbocycles. The molecule has 0 bridgehead atoms. The van der Waals surface area contributed by atoms with Crippen molar-refractivity contribution < 1.29 is 18.0 Å². The number of nitrogens with one attached hydrogen (secondary N) is 1. The summed E-state index contributed by atoms with van der Waals surface area (Å²) >= 11 is 12.7. The maximum Gasteiger partial charge on any atom is 0.264 e. The second kappa shape index (κ2) is 15.4. The van der Waals surface area contributed by atoms with E-state index in [2.05, 4.69) is 5.32 Å². The van der Waals surface area contributed by atoms with Gasteiger partial charge in [-0.15, -0.1) is 0 Å². The Morgan fingerprint density at radius 3 is 2.07 bits per heavy atom. The van der Waals surface area contributed by atoms with E-state index < -0.39 is 28.5 Å². The Morgan fingerprint density at radius 1 is 0.844 bits per heavy atom. The number of hydrogen-bond acceptors (Lipinski definition) is 4. The van der Waals surface area contributed by atoms with Crippen molar-refractivity contribution in [3.8, 4) is 0 Å². The van der Waals surface area contributed by atoms with Crippen LogP contribution in [-0.4, -0.2) is 43.8 Å². The van der Waals surface area contributed by atoms with Crippen LogP contribution in [-0.2, 0) is 32.6 Å². The largest absolute Gasteiger partial charge is 0.352 e. The normalized spacial score (nSPS) is 12.6. The van der Waals surface area contributed by atoms with Gasteiger partial charge in [0.15, 0.2) is 0 Å². The fourth-order valence-corrected chi connectivity index (χ4v) is 6.82. The van der Waals surface area contributed by atoms with Crippen LogP contribution in [0, 0.1) is 6.92 Å². The lowest BCUT2D eigenvalue weighted by Crippen LogP contribution is -2.54. The van der Waals surface area contributed by atoms with Gasteiger partial charge < -0.3 is 10.2 Å². The minimum Gasteiger partial charge on any atom is -0.352 e. The molecule has 2 amide bonds. The van der Waals surface area contributed by atoms with E-state index in [4.69, 9.17) is 23.2 Å². The maximum atomic E-state index is 14.5. The lowest BCUT2D eigenvalue weighted by molar-refractivity contribution is -0.140. The van der Waals surface area contributed by atoms with E-state index >= 15 is 0 Å². The minimum absolute atomic E-state index is 0.00995. The summed E-state index contributed by atoms with van der Waals surface area (Å²) in [5, 5.41) is 3.42. The van der Waals surface area contributed by atoms with E-state index in [1.807, 2.05) is 75.4 Å². The number of carbonyl (C=O) groups excluding carboxylic acids is 2. The number of carbonyl (C=O) groups is 2. The molecule has 0 heterocycles. The smallest absolute Gasteiger partial charge is 0.264 e. The van der Waals surface area contributed by atoms with Crippen LogP contribution in [0.2, 0.25) is 10.0 Å². The molecule has 0 aliphatic rings. The summed E-state index contributed by atoms with van der Waals surface area (Å²) in [6, 6.07) is 28.3. The molecule has 1 N–H and O–H groups in total. The highest BCUT2D eigenvalue weighted by Crippen LogP contribution is 2.33. The van der Waals surface area contributed by atoms with Gasteiger partial charge in [-0.2, -0.15) is 0 Å². The summed E-state index contributed by atoms with van der Waals surface area (Å²) in [6.07, 6.45) is 0.932. The van der Waals surface area contributed by atoms with Crippen molar-refractivity contribution in [1.82, 2.24) is 10.2 Å². The topological polar surface area (TPSA) is 86.8 Å². The lowest BCUT2D eigenvalue weighted by atomic mass is 10.0. The van der Waals surface area contributed by atoms with Crippen LogP contribution >= 0.6 is 23.2 Å². The first-order valence-electron chi connectivity index (χ1n) is 14.7. The van der Waals surface area contributed by atoms with E-state index in [1.54, 1.807) is 18.2 Å². The van der Waals surface area contributed by atoms with E-state index in [9.17, 15) is 18.0 Å². The summed E-state index contributed by atoms with van der Waals surface area (Å²) in [6.45, 7) is 5.31. The number of halogens is 2. The molecule has 10 heteroatoms. The molecule has 4 aromatic carbocycles. The van der Waals surface area contributed by atoms with Crippen LogP contribution in [0.5, 0.6) is 0 Å². The molecule has 0 fully saturated rings. The zero-order chi connectivity index (χ0) is 32.6. The number of nitrogens with zero attached hydrogens (tertiary/aromatic N) is 2. The predicted molar refractivity (Wildman–Crippen MR) is 181 cm³/mol. The zero-order valence-corrected chi connectivity index (χ0v) is 27.8. The molecule has 0 aromatic heterocycles. The van der Waals surface area contributed by atoms with Gasteiger partial charge in [-0.05, 0) is 61.7 Å². The Hall–Kier alpha value is -3.85. The van der Waals surface area contributed by atoms with E-state index in [0.717, 1.165) is 21.0 Å². The highest BCUT2D eigenvalue weighted by molar-refractivity contribution is 7.92. The van der Waals surface area contributed by atoms with Gasteiger partial charge in [-0.25, -0.2) is 8.42 Å². The average molecular weight is 667 g/mol. The SMILES string of the molecule is CC[C@@H](C)NC(=O)[C@H](Cc1ccccc1)N(Cc1ccc(C)cc1)C(=O)CN(c1ccc(Cl)cc1Cl)S(=O)(=O)c1ccccc1. The first-order valence-corrected chi connectivity index (χ1v) is 16.9. The molecule has 236 valence electrons. The van der Waals surface area contributed by atoms with Crippen LogP contribution in [0.25, 0.3) is 0 Å². The summed E-state index contributed by atoms with van der Waals surface area (Å²) in [4.78, 5) is 29.9. The number of aryl methyl sites for hydroxylation is 1. The van der Waals surface area contributed by atoms with Crippen LogP contribution < -0.4 is 9.62 Å². The molecule has 45 heavy (non-hydrogen) atoms. The predicted octanol–water partition coefficient (Wildman–Crippen LogP) is 7.05. The molecular formula is C35H37Cl2N3O4S. The van der Waals surface area contributed by atoms with Crippen molar-refractivity contribution in [2.75, 3.05) is 10.8 Å².